The number of carboxylic acids is 1. The largest absolute Gasteiger partial charge is 0.481 e. The Balaban J connectivity index is 2.50. The van der Waals surface area contributed by atoms with Gasteiger partial charge in [-0.1, -0.05) is 42.7 Å². The molecule has 0 saturated carbocycles. The van der Waals surface area contributed by atoms with Crippen molar-refractivity contribution < 1.29 is 15.0 Å². The second kappa shape index (κ2) is 7.88. The highest BCUT2D eigenvalue weighted by Gasteiger charge is 2.17. The van der Waals surface area contributed by atoms with Crippen molar-refractivity contribution in [2.45, 2.75) is 39.0 Å². The summed E-state index contributed by atoms with van der Waals surface area (Å²) in [7, 11) is 0. The highest BCUT2D eigenvalue weighted by molar-refractivity contribution is 5.70. The molecule has 1 aromatic carbocycles. The van der Waals surface area contributed by atoms with E-state index >= 15 is 0 Å². The predicted molar refractivity (Wildman–Crippen MR) is 71.6 cm³/mol. The molecule has 0 spiro atoms. The zero-order valence-corrected chi connectivity index (χ0v) is 10.9. The van der Waals surface area contributed by atoms with E-state index in [-0.39, 0.29) is 12.5 Å². The molecule has 0 fully saturated rings. The quantitative estimate of drug-likeness (QED) is 0.697. The lowest BCUT2D eigenvalue weighted by Crippen LogP contribution is -2.16. The van der Waals surface area contributed by atoms with Crippen molar-refractivity contribution in [3.63, 3.8) is 0 Å². The molecule has 2 N–H and O–H groups in total. The van der Waals surface area contributed by atoms with Crippen LogP contribution in [0.2, 0.25) is 0 Å². The van der Waals surface area contributed by atoms with E-state index in [1.165, 1.54) is 0 Å². The maximum atomic E-state index is 11.2. The zero-order valence-electron chi connectivity index (χ0n) is 10.9. The third-order valence-corrected chi connectivity index (χ3v) is 3.12. The Bertz CT molecular complexity index is 374. The van der Waals surface area contributed by atoms with Crippen molar-refractivity contribution in [3.05, 3.63) is 35.4 Å². The van der Waals surface area contributed by atoms with E-state index in [0.29, 0.717) is 12.8 Å². The molecule has 0 aliphatic carbocycles. The Hall–Kier alpha value is -1.35. The van der Waals surface area contributed by atoms with Gasteiger partial charge in [0.1, 0.15) is 0 Å². The van der Waals surface area contributed by atoms with Crippen LogP contribution in [0.1, 0.15) is 36.8 Å². The van der Waals surface area contributed by atoms with Crippen LogP contribution in [-0.2, 0) is 11.2 Å². The molecule has 0 bridgehead atoms. The van der Waals surface area contributed by atoms with E-state index in [1.54, 1.807) is 0 Å². The van der Waals surface area contributed by atoms with Gasteiger partial charge in [-0.25, -0.2) is 0 Å². The minimum absolute atomic E-state index is 0.190. The van der Waals surface area contributed by atoms with Crippen molar-refractivity contribution in [2.24, 2.45) is 5.92 Å². The van der Waals surface area contributed by atoms with Crippen LogP contribution in [-0.4, -0.2) is 22.8 Å². The summed E-state index contributed by atoms with van der Waals surface area (Å²) in [6.07, 6.45) is 3.80. The Morgan fingerprint density at radius 3 is 2.67 bits per heavy atom. The average Bonchev–Trinajstić information content (AvgIpc) is 2.33. The van der Waals surface area contributed by atoms with E-state index < -0.39 is 5.97 Å². The molecule has 0 amide bonds. The predicted octanol–water partition coefficient (Wildman–Crippen LogP) is 2.79. The summed E-state index contributed by atoms with van der Waals surface area (Å²) in [5, 5.41) is 17.9. The number of aliphatic hydroxyl groups is 1. The van der Waals surface area contributed by atoms with Gasteiger partial charge in [0.05, 0.1) is 5.92 Å². The van der Waals surface area contributed by atoms with Gasteiger partial charge in [-0.3, -0.25) is 4.79 Å². The summed E-state index contributed by atoms with van der Waals surface area (Å²) < 4.78 is 0. The maximum Gasteiger partial charge on any atom is 0.306 e. The molecule has 100 valence electrons. The number of carbonyl (C=O) groups is 1. The van der Waals surface area contributed by atoms with E-state index in [1.807, 2.05) is 31.2 Å². The summed E-state index contributed by atoms with van der Waals surface area (Å²) >= 11 is 0. The lowest BCUT2D eigenvalue weighted by Gasteiger charge is -2.12. The van der Waals surface area contributed by atoms with Crippen molar-refractivity contribution in [1.29, 1.82) is 0 Å². The standard InChI is InChI=1S/C15H22O3/c1-12-6-5-7-13(10-12)11-14(15(17)18)8-3-2-4-9-16/h5-7,10,14,16H,2-4,8-9,11H2,1H3,(H,17,18). The van der Waals surface area contributed by atoms with E-state index in [0.717, 1.165) is 30.4 Å². The lowest BCUT2D eigenvalue weighted by molar-refractivity contribution is -0.142. The third-order valence-electron chi connectivity index (χ3n) is 3.12. The monoisotopic (exact) mass is 250 g/mol. The molecule has 0 radical (unpaired) electrons. The summed E-state index contributed by atoms with van der Waals surface area (Å²) in [4.78, 5) is 11.2. The molecule has 1 rings (SSSR count). The van der Waals surface area contributed by atoms with Crippen LogP contribution in [0.4, 0.5) is 0 Å². The van der Waals surface area contributed by atoms with E-state index in [4.69, 9.17) is 5.11 Å². The first-order chi connectivity index (χ1) is 8.63. The minimum atomic E-state index is -0.722. The Labute approximate surface area is 108 Å². The molecular weight excluding hydrogens is 228 g/mol. The molecule has 0 heterocycles. The second-order valence-corrected chi connectivity index (χ2v) is 4.80. The smallest absolute Gasteiger partial charge is 0.306 e. The van der Waals surface area contributed by atoms with Gasteiger partial charge in [-0.2, -0.15) is 0 Å². The van der Waals surface area contributed by atoms with Crippen LogP contribution in [0, 0.1) is 12.8 Å². The fraction of sp³-hybridized carbons (Fsp3) is 0.533. The SMILES string of the molecule is Cc1cccc(CC(CCCCCO)C(=O)O)c1. The van der Waals surface area contributed by atoms with Crippen molar-refractivity contribution >= 4 is 5.97 Å². The van der Waals surface area contributed by atoms with Gasteiger partial charge in [0, 0.05) is 6.61 Å². The van der Waals surface area contributed by atoms with Crippen molar-refractivity contribution in [2.75, 3.05) is 6.61 Å². The minimum Gasteiger partial charge on any atom is -0.481 e. The second-order valence-electron chi connectivity index (χ2n) is 4.80. The molecule has 0 aliphatic heterocycles. The van der Waals surface area contributed by atoms with Crippen LogP contribution < -0.4 is 0 Å². The first-order valence-corrected chi connectivity index (χ1v) is 6.52. The fourth-order valence-corrected chi connectivity index (χ4v) is 2.12. The number of aliphatic hydroxyl groups excluding tert-OH is 1. The van der Waals surface area contributed by atoms with Gasteiger partial charge in [0.15, 0.2) is 0 Å². The van der Waals surface area contributed by atoms with Crippen LogP contribution in [0.5, 0.6) is 0 Å². The number of benzene rings is 1. The molecule has 1 unspecified atom stereocenters. The molecule has 3 heteroatoms. The number of rotatable bonds is 8. The number of aliphatic carboxylic acids is 1. The van der Waals surface area contributed by atoms with Crippen LogP contribution in [0.3, 0.4) is 0 Å². The number of unbranched alkanes of at least 4 members (excludes halogenated alkanes) is 2. The molecular formula is C15H22O3. The van der Waals surface area contributed by atoms with Crippen LogP contribution >= 0.6 is 0 Å². The maximum absolute atomic E-state index is 11.2. The molecule has 3 nitrogen and oxygen atoms in total. The van der Waals surface area contributed by atoms with Gasteiger partial charge in [0.25, 0.3) is 0 Å². The van der Waals surface area contributed by atoms with Gasteiger partial charge in [0.2, 0.25) is 0 Å². The van der Waals surface area contributed by atoms with Crippen molar-refractivity contribution in [1.82, 2.24) is 0 Å². The topological polar surface area (TPSA) is 57.5 Å². The molecule has 18 heavy (non-hydrogen) atoms. The van der Waals surface area contributed by atoms with E-state index in [9.17, 15) is 9.90 Å². The third kappa shape index (κ3) is 5.32. The Morgan fingerprint density at radius 2 is 2.06 bits per heavy atom. The zero-order chi connectivity index (χ0) is 13.4. The average molecular weight is 250 g/mol. The summed E-state index contributed by atoms with van der Waals surface area (Å²) in [6.45, 7) is 2.20. The number of hydrogen-bond donors (Lipinski definition) is 2. The summed E-state index contributed by atoms with van der Waals surface area (Å²) in [5.41, 5.74) is 2.25. The van der Waals surface area contributed by atoms with Gasteiger partial charge < -0.3 is 10.2 Å². The molecule has 1 aromatic rings. The Morgan fingerprint density at radius 1 is 1.28 bits per heavy atom. The van der Waals surface area contributed by atoms with Crippen LogP contribution in [0.25, 0.3) is 0 Å². The summed E-state index contributed by atoms with van der Waals surface area (Å²) in [5.74, 6) is -1.04. The molecule has 1 atom stereocenters. The van der Waals surface area contributed by atoms with Crippen molar-refractivity contribution in [3.8, 4) is 0 Å². The summed E-state index contributed by atoms with van der Waals surface area (Å²) in [6, 6.07) is 8.01. The van der Waals surface area contributed by atoms with Gasteiger partial charge in [-0.15, -0.1) is 0 Å². The van der Waals surface area contributed by atoms with Gasteiger partial charge in [-0.05, 0) is 31.7 Å². The Kier molecular flexibility index (Phi) is 6.44. The first kappa shape index (κ1) is 14.7. The molecule has 0 aromatic heterocycles. The van der Waals surface area contributed by atoms with E-state index in [2.05, 4.69) is 0 Å². The lowest BCUT2D eigenvalue weighted by atomic mass is 9.93. The highest BCUT2D eigenvalue weighted by Crippen LogP contribution is 2.17. The molecule has 0 saturated heterocycles. The fourth-order valence-electron chi connectivity index (χ4n) is 2.12. The van der Waals surface area contributed by atoms with Gasteiger partial charge >= 0.3 is 5.97 Å². The highest BCUT2D eigenvalue weighted by atomic mass is 16.4. The van der Waals surface area contributed by atoms with Crippen LogP contribution in [0.15, 0.2) is 24.3 Å². The normalized spacial score (nSPS) is 12.3. The number of hydrogen-bond acceptors (Lipinski definition) is 2. The number of carboxylic acid groups (broad SMARTS) is 1. The first-order valence-electron chi connectivity index (χ1n) is 6.52. The number of aryl methyl sites for hydroxylation is 1. The molecule has 0 aliphatic rings.